The lowest BCUT2D eigenvalue weighted by atomic mass is 10.2. The van der Waals surface area contributed by atoms with Crippen molar-refractivity contribution in [3.05, 3.63) is 28.8 Å². The third kappa shape index (κ3) is 3.05. The molecule has 0 spiro atoms. The molecular formula is C11H4F3N3O2S3. The molecule has 3 rings (SSSR count). The second-order valence-electron chi connectivity index (χ2n) is 3.94. The topological polar surface area (TPSA) is 76.0 Å². The highest BCUT2D eigenvalue weighted by molar-refractivity contribution is 8.02. The van der Waals surface area contributed by atoms with Crippen LogP contribution in [0.1, 0.15) is 15.4 Å². The fourth-order valence-electron chi connectivity index (χ4n) is 1.52. The predicted octanol–water partition coefficient (Wildman–Crippen LogP) is 4.02. The Morgan fingerprint density at radius 3 is 2.59 bits per heavy atom. The summed E-state index contributed by atoms with van der Waals surface area (Å²) < 4.78 is 38.6. The van der Waals surface area contributed by atoms with Crippen LogP contribution in [0.2, 0.25) is 0 Å². The largest absolute Gasteiger partial charge is 0.478 e. The third-order valence-corrected chi connectivity index (χ3v) is 5.54. The first-order valence-corrected chi connectivity index (χ1v) is 8.00. The van der Waals surface area contributed by atoms with E-state index in [2.05, 4.69) is 15.2 Å². The fourth-order valence-corrected chi connectivity index (χ4v) is 4.55. The number of halogens is 3. The van der Waals surface area contributed by atoms with E-state index < -0.39 is 17.2 Å². The van der Waals surface area contributed by atoms with Gasteiger partial charge in [-0.2, -0.15) is 13.2 Å². The molecule has 0 aliphatic rings. The standard InChI is InChI=1S/C11H4F3N3O2S3/c12-11(13,14)8-16-17-10(21-8)22-9-15-5-2-1-4(7(18)19)3-6(5)20-9/h1-3H,(H,18,19). The summed E-state index contributed by atoms with van der Waals surface area (Å²) in [7, 11) is 0. The van der Waals surface area contributed by atoms with Crippen molar-refractivity contribution in [1.29, 1.82) is 0 Å². The quantitative estimate of drug-likeness (QED) is 0.758. The van der Waals surface area contributed by atoms with Crippen molar-refractivity contribution in [1.82, 2.24) is 15.2 Å². The van der Waals surface area contributed by atoms with Gasteiger partial charge in [0.05, 0.1) is 15.8 Å². The minimum atomic E-state index is -4.51. The maximum absolute atomic E-state index is 12.5. The van der Waals surface area contributed by atoms with Crippen molar-refractivity contribution in [3.63, 3.8) is 0 Å². The Bertz CT molecular complexity index is 859. The summed E-state index contributed by atoms with van der Waals surface area (Å²) in [4.78, 5) is 15.1. The number of carboxylic acid groups (broad SMARTS) is 1. The number of fused-ring (bicyclic) bond motifs is 1. The molecule has 5 nitrogen and oxygen atoms in total. The zero-order valence-electron chi connectivity index (χ0n) is 10.3. The number of thiazole rings is 1. The number of alkyl halides is 3. The molecule has 114 valence electrons. The lowest BCUT2D eigenvalue weighted by Gasteiger charge is -1.97. The highest BCUT2D eigenvalue weighted by Gasteiger charge is 2.35. The smallest absolute Gasteiger partial charge is 0.445 e. The molecule has 0 bridgehead atoms. The van der Waals surface area contributed by atoms with Gasteiger partial charge in [0.1, 0.15) is 0 Å². The molecule has 0 atom stereocenters. The van der Waals surface area contributed by atoms with E-state index in [0.717, 1.165) is 11.8 Å². The number of aromatic carboxylic acids is 1. The number of hydrogen-bond acceptors (Lipinski definition) is 7. The molecule has 2 aromatic heterocycles. The summed E-state index contributed by atoms with van der Waals surface area (Å²) in [5.74, 6) is -1.05. The monoisotopic (exact) mass is 363 g/mol. The molecule has 0 unspecified atom stereocenters. The number of hydrogen-bond donors (Lipinski definition) is 1. The van der Waals surface area contributed by atoms with Crippen LogP contribution in [0.5, 0.6) is 0 Å². The number of carbonyl (C=O) groups is 1. The van der Waals surface area contributed by atoms with Gasteiger partial charge < -0.3 is 5.11 Å². The number of aromatic nitrogens is 3. The minimum absolute atomic E-state index is 0.128. The molecule has 0 fully saturated rings. The SMILES string of the molecule is O=C(O)c1ccc2nc(Sc3nnc(C(F)(F)F)s3)sc2c1. The molecule has 1 aromatic carbocycles. The Kier molecular flexibility index (Phi) is 3.78. The maximum Gasteiger partial charge on any atom is 0.445 e. The Labute approximate surface area is 132 Å². The first-order chi connectivity index (χ1) is 10.3. The van der Waals surface area contributed by atoms with Crippen LogP contribution in [0, 0.1) is 0 Å². The van der Waals surface area contributed by atoms with E-state index in [1.807, 2.05) is 0 Å². The third-order valence-electron chi connectivity index (χ3n) is 2.44. The van der Waals surface area contributed by atoms with Crippen LogP contribution in [-0.2, 0) is 6.18 Å². The first-order valence-electron chi connectivity index (χ1n) is 5.55. The summed E-state index contributed by atoms with van der Waals surface area (Å²) in [5.41, 5.74) is 0.709. The number of carboxylic acids is 1. The molecule has 1 N–H and O–H groups in total. The molecule has 0 saturated heterocycles. The van der Waals surface area contributed by atoms with E-state index in [1.54, 1.807) is 6.07 Å². The van der Waals surface area contributed by atoms with Gasteiger partial charge >= 0.3 is 12.1 Å². The lowest BCUT2D eigenvalue weighted by Crippen LogP contribution is -2.03. The van der Waals surface area contributed by atoms with E-state index in [-0.39, 0.29) is 9.90 Å². The van der Waals surface area contributed by atoms with Gasteiger partial charge in [-0.15, -0.1) is 21.5 Å². The van der Waals surface area contributed by atoms with Crippen molar-refractivity contribution in [2.75, 3.05) is 0 Å². The average Bonchev–Trinajstić information content (AvgIpc) is 3.03. The second kappa shape index (κ2) is 5.48. The van der Waals surface area contributed by atoms with Crippen molar-refractivity contribution >= 4 is 50.6 Å². The molecule has 0 radical (unpaired) electrons. The molecular weight excluding hydrogens is 359 g/mol. The van der Waals surface area contributed by atoms with E-state index in [9.17, 15) is 18.0 Å². The van der Waals surface area contributed by atoms with Gasteiger partial charge in [0, 0.05) is 0 Å². The Balaban J connectivity index is 1.88. The van der Waals surface area contributed by atoms with Gasteiger partial charge in [-0.1, -0.05) is 11.3 Å². The molecule has 3 aromatic rings. The van der Waals surface area contributed by atoms with Crippen LogP contribution in [0.15, 0.2) is 26.9 Å². The number of benzene rings is 1. The molecule has 2 heterocycles. The van der Waals surface area contributed by atoms with E-state index in [4.69, 9.17) is 5.11 Å². The van der Waals surface area contributed by atoms with Crippen molar-refractivity contribution < 1.29 is 23.1 Å². The first kappa shape index (κ1) is 15.2. The van der Waals surface area contributed by atoms with Gasteiger partial charge in [0.2, 0.25) is 5.01 Å². The van der Waals surface area contributed by atoms with Crippen LogP contribution in [0.25, 0.3) is 10.2 Å². The minimum Gasteiger partial charge on any atom is -0.478 e. The second-order valence-corrected chi connectivity index (χ2v) is 7.44. The van der Waals surface area contributed by atoms with Gasteiger partial charge in [-0.25, -0.2) is 9.78 Å². The van der Waals surface area contributed by atoms with Crippen LogP contribution in [-0.4, -0.2) is 26.3 Å². The highest BCUT2D eigenvalue weighted by Crippen LogP contribution is 2.39. The van der Waals surface area contributed by atoms with E-state index in [0.29, 0.717) is 25.9 Å². The molecule has 0 amide bonds. The van der Waals surface area contributed by atoms with Gasteiger partial charge in [0.15, 0.2) is 8.68 Å². The Hall–Kier alpha value is -1.72. The van der Waals surface area contributed by atoms with Crippen molar-refractivity contribution in [2.24, 2.45) is 0 Å². The summed E-state index contributed by atoms with van der Waals surface area (Å²) in [6.07, 6.45) is -4.51. The van der Waals surface area contributed by atoms with E-state index in [1.165, 1.54) is 23.5 Å². The van der Waals surface area contributed by atoms with Crippen LogP contribution >= 0.6 is 34.4 Å². The highest BCUT2D eigenvalue weighted by atomic mass is 32.2. The van der Waals surface area contributed by atoms with Crippen molar-refractivity contribution in [3.8, 4) is 0 Å². The van der Waals surface area contributed by atoms with Crippen LogP contribution < -0.4 is 0 Å². The molecule has 0 aliphatic heterocycles. The average molecular weight is 363 g/mol. The van der Waals surface area contributed by atoms with Crippen LogP contribution in [0.4, 0.5) is 13.2 Å². The Morgan fingerprint density at radius 1 is 1.18 bits per heavy atom. The Morgan fingerprint density at radius 2 is 1.95 bits per heavy atom. The zero-order chi connectivity index (χ0) is 15.9. The van der Waals surface area contributed by atoms with Gasteiger partial charge in [-0.3, -0.25) is 0 Å². The van der Waals surface area contributed by atoms with Gasteiger partial charge in [0.25, 0.3) is 0 Å². The van der Waals surface area contributed by atoms with Gasteiger partial charge in [-0.05, 0) is 30.0 Å². The molecule has 0 saturated carbocycles. The summed E-state index contributed by atoms with van der Waals surface area (Å²) in [5, 5.41) is 14.5. The predicted molar refractivity (Wildman–Crippen MR) is 75.6 cm³/mol. The van der Waals surface area contributed by atoms with Crippen molar-refractivity contribution in [2.45, 2.75) is 14.9 Å². The molecule has 0 aliphatic carbocycles. The molecule has 11 heteroatoms. The number of rotatable bonds is 3. The van der Waals surface area contributed by atoms with E-state index >= 15 is 0 Å². The normalized spacial score (nSPS) is 12.0. The summed E-state index contributed by atoms with van der Waals surface area (Å²) in [6, 6.07) is 4.45. The summed E-state index contributed by atoms with van der Waals surface area (Å²) in [6.45, 7) is 0. The lowest BCUT2D eigenvalue weighted by molar-refractivity contribution is -0.138. The zero-order valence-corrected chi connectivity index (χ0v) is 12.7. The van der Waals surface area contributed by atoms with Crippen LogP contribution in [0.3, 0.4) is 0 Å². The maximum atomic E-state index is 12.5. The fraction of sp³-hybridized carbons (Fsp3) is 0.0909. The molecule has 22 heavy (non-hydrogen) atoms. The number of nitrogens with zero attached hydrogens (tertiary/aromatic N) is 3. The summed E-state index contributed by atoms with van der Waals surface area (Å²) >= 11 is 2.60.